The molecule has 24 heteroatoms. The summed E-state index contributed by atoms with van der Waals surface area (Å²) in [5, 5.41) is 1.84. The minimum Gasteiger partial charge on any atom is -0.382 e. The third-order valence-corrected chi connectivity index (χ3v) is 13.7. The van der Waals surface area contributed by atoms with Gasteiger partial charge in [-0.15, -0.1) is 11.3 Å². The summed E-state index contributed by atoms with van der Waals surface area (Å²) in [6, 6.07) is 0. The Morgan fingerprint density at radius 2 is 1.83 bits per heavy atom. The van der Waals surface area contributed by atoms with Gasteiger partial charge in [-0.3, -0.25) is 18.5 Å². The van der Waals surface area contributed by atoms with Gasteiger partial charge in [0.25, 0.3) is 5.91 Å². The van der Waals surface area contributed by atoms with E-state index in [0.717, 1.165) is 24.2 Å². The van der Waals surface area contributed by atoms with Gasteiger partial charge in [0.05, 0.1) is 19.5 Å². The van der Waals surface area contributed by atoms with Gasteiger partial charge in [-0.05, 0) is 33.1 Å². The van der Waals surface area contributed by atoms with Crippen molar-refractivity contribution in [3.05, 3.63) is 28.7 Å². The average molecular weight is 794 g/mol. The van der Waals surface area contributed by atoms with E-state index in [4.69, 9.17) is 48.9 Å². The van der Waals surface area contributed by atoms with Crippen molar-refractivity contribution in [3.63, 3.8) is 0 Å². The molecule has 0 spiro atoms. The Bertz CT molecular complexity index is 1880. The van der Waals surface area contributed by atoms with Crippen molar-refractivity contribution in [1.82, 2.24) is 24.5 Å². The number of nitrogens with zero attached hydrogens (tertiary/aromatic N) is 5. The average Bonchev–Trinajstić information content (AvgIpc) is 3.89. The maximum atomic E-state index is 16.1. The summed E-state index contributed by atoms with van der Waals surface area (Å²) < 4.78 is 89.8. The Kier molecular flexibility index (Phi) is 10.6. The summed E-state index contributed by atoms with van der Waals surface area (Å²) in [6.45, 7) is 2.51. The number of primary amides is 1. The molecule has 3 unspecified atom stereocenters. The van der Waals surface area contributed by atoms with Gasteiger partial charge in [0, 0.05) is 12.0 Å². The summed E-state index contributed by atoms with van der Waals surface area (Å²) in [4.78, 5) is 49.3. The number of ether oxygens (including phenoxy) is 6. The summed E-state index contributed by atoms with van der Waals surface area (Å²) in [5.41, 5.74) is 11.7. The topological polar surface area (TPSA) is 274 Å². The van der Waals surface area contributed by atoms with Crippen LogP contribution in [0.25, 0.3) is 11.2 Å². The second-order valence-corrected chi connectivity index (χ2v) is 18.2. The third kappa shape index (κ3) is 7.95. The molecule has 4 saturated heterocycles. The monoisotopic (exact) mass is 793 g/mol. The van der Waals surface area contributed by atoms with Crippen molar-refractivity contribution in [2.75, 3.05) is 31.5 Å². The molecule has 6 N–H and O–H groups in total. The fourth-order valence-corrected chi connectivity index (χ4v) is 10.6. The molecular formula is C28H38FN7O13P2S. The first-order valence-electron chi connectivity index (χ1n) is 16.3. The van der Waals surface area contributed by atoms with Gasteiger partial charge < -0.3 is 58.7 Å². The number of amides is 1. The van der Waals surface area contributed by atoms with Crippen LogP contribution in [0, 0.1) is 0 Å². The normalized spacial score (nSPS) is 33.9. The van der Waals surface area contributed by atoms with E-state index < -0.39 is 101 Å². The number of rotatable bonds is 13. The van der Waals surface area contributed by atoms with Gasteiger partial charge in [-0.25, -0.2) is 24.3 Å². The van der Waals surface area contributed by atoms with Gasteiger partial charge in [0.15, 0.2) is 41.8 Å². The van der Waals surface area contributed by atoms with Gasteiger partial charge >= 0.3 is 15.2 Å². The second-order valence-electron chi connectivity index (χ2n) is 13.1. The predicted octanol–water partition coefficient (Wildman–Crippen LogP) is 2.13. The number of alkyl halides is 1. The molecule has 1 amide bonds. The molecule has 3 aromatic heterocycles. The van der Waals surface area contributed by atoms with Crippen LogP contribution in [0.2, 0.25) is 0 Å². The Morgan fingerprint density at radius 1 is 1.10 bits per heavy atom. The van der Waals surface area contributed by atoms with E-state index in [-0.39, 0.29) is 22.7 Å². The van der Waals surface area contributed by atoms with Crippen molar-refractivity contribution in [3.8, 4) is 0 Å². The van der Waals surface area contributed by atoms with E-state index in [1.165, 1.54) is 22.6 Å². The molecule has 3 aromatic rings. The number of nitrogens with two attached hydrogens (primary N) is 2. The number of imidazole rings is 1. The van der Waals surface area contributed by atoms with E-state index in [1.807, 2.05) is 0 Å². The zero-order valence-corrected chi connectivity index (χ0v) is 30.4. The molecule has 4 fully saturated rings. The highest BCUT2D eigenvalue weighted by Crippen LogP contribution is 2.59. The summed E-state index contributed by atoms with van der Waals surface area (Å²) in [5.74, 6) is -3.01. The summed E-state index contributed by atoms with van der Waals surface area (Å²) in [7, 11) is -9.71. The number of halogens is 1. The number of anilines is 1. The largest absolute Gasteiger partial charge is 0.382 e. The Balaban J connectivity index is 1.00. The maximum absolute atomic E-state index is 16.1. The molecule has 0 bridgehead atoms. The van der Waals surface area contributed by atoms with Crippen LogP contribution >= 0.6 is 26.5 Å². The van der Waals surface area contributed by atoms with Crippen LogP contribution in [0.5, 0.6) is 0 Å². The molecule has 0 radical (unpaired) electrons. The van der Waals surface area contributed by atoms with Crippen LogP contribution in [0.4, 0.5) is 10.2 Å². The van der Waals surface area contributed by atoms with E-state index in [1.54, 1.807) is 13.8 Å². The molecule has 7 heterocycles. The summed E-state index contributed by atoms with van der Waals surface area (Å²) >= 11 is 1.11. The Labute approximate surface area is 299 Å². The highest BCUT2D eigenvalue weighted by molar-refractivity contribution is 7.70. The second kappa shape index (κ2) is 14.6. The fourth-order valence-electron chi connectivity index (χ4n) is 6.50. The van der Waals surface area contributed by atoms with E-state index in [0.29, 0.717) is 18.0 Å². The molecular weight excluding hydrogens is 755 g/mol. The third-order valence-electron chi connectivity index (χ3n) is 8.78. The van der Waals surface area contributed by atoms with Crippen LogP contribution in [0.15, 0.2) is 18.0 Å². The molecule has 0 saturated carbocycles. The highest BCUT2D eigenvalue weighted by atomic mass is 32.1. The predicted molar refractivity (Wildman–Crippen MR) is 175 cm³/mol. The van der Waals surface area contributed by atoms with Crippen LogP contribution in [0.3, 0.4) is 0 Å². The SMILES string of the molecule is CC1(C)O[C@@H]2[C@H](O1)[C@@H](COP(=O)(O)CP(=O)(O)OC[C@H]1O[C@@H](n3cnc4c(N)ncnc43)[C@@H](F)[C@@H]1OC1CCCCO1)O[C@H]2c1nc(C(N)=O)cs1. The molecule has 20 nitrogen and oxygen atoms in total. The molecule has 4 aliphatic heterocycles. The summed E-state index contributed by atoms with van der Waals surface area (Å²) in [6.07, 6.45) is -5.31. The molecule has 0 aromatic carbocycles. The van der Waals surface area contributed by atoms with Crippen molar-refractivity contribution in [2.45, 2.75) is 94.2 Å². The maximum Gasteiger partial charge on any atom is 0.340 e. The first-order chi connectivity index (χ1) is 24.6. The molecule has 52 heavy (non-hydrogen) atoms. The van der Waals surface area contributed by atoms with Crippen LogP contribution < -0.4 is 11.5 Å². The van der Waals surface area contributed by atoms with Crippen molar-refractivity contribution < 1.29 is 65.6 Å². The molecule has 286 valence electrons. The first-order valence-corrected chi connectivity index (χ1v) is 20.7. The van der Waals surface area contributed by atoms with Gasteiger partial charge in [-0.1, -0.05) is 0 Å². The number of carbonyl (C=O) groups is 1. The number of nitrogen functional groups attached to an aromatic ring is 1. The fraction of sp³-hybridized carbons (Fsp3) is 0.679. The van der Waals surface area contributed by atoms with Crippen LogP contribution in [0.1, 0.15) is 60.9 Å². The number of hydrogen-bond acceptors (Lipinski definition) is 17. The molecule has 0 aliphatic carbocycles. The van der Waals surface area contributed by atoms with E-state index >= 15 is 4.39 Å². The lowest BCUT2D eigenvalue weighted by Gasteiger charge is -2.28. The molecule has 4 aliphatic rings. The zero-order chi connectivity index (χ0) is 37.0. The number of hydrogen-bond donors (Lipinski definition) is 4. The smallest absolute Gasteiger partial charge is 0.340 e. The Hall–Kier alpha value is -2.56. The van der Waals surface area contributed by atoms with Crippen molar-refractivity contribution in [2.24, 2.45) is 5.73 Å². The van der Waals surface area contributed by atoms with Gasteiger partial charge in [-0.2, -0.15) is 0 Å². The van der Waals surface area contributed by atoms with Crippen molar-refractivity contribution >= 4 is 49.4 Å². The quantitative estimate of drug-likeness (QED) is 0.180. The number of thiazole rings is 1. The lowest BCUT2D eigenvalue weighted by Crippen LogP contribution is -2.39. The number of fused-ring (bicyclic) bond motifs is 2. The lowest BCUT2D eigenvalue weighted by molar-refractivity contribution is -0.205. The Morgan fingerprint density at radius 3 is 2.52 bits per heavy atom. The zero-order valence-electron chi connectivity index (χ0n) is 27.8. The van der Waals surface area contributed by atoms with E-state index in [2.05, 4.69) is 19.9 Å². The van der Waals surface area contributed by atoms with Gasteiger partial charge in [0.2, 0.25) is 0 Å². The van der Waals surface area contributed by atoms with E-state index in [9.17, 15) is 23.7 Å². The minimum atomic E-state index is -4.88. The molecule has 11 atom stereocenters. The van der Waals surface area contributed by atoms with Crippen molar-refractivity contribution in [1.29, 1.82) is 0 Å². The van der Waals surface area contributed by atoms with Crippen LogP contribution in [-0.2, 0) is 46.6 Å². The highest BCUT2D eigenvalue weighted by Gasteiger charge is 2.57. The number of aromatic nitrogens is 5. The molecule has 7 rings (SSSR count). The standard InChI is InChI=1S/C28H38FN7O13P2S/c1-28(2)48-20-15(45-22(21(20)49-28)26-35-13(9-52-26)24(31)37)8-44-51(40,41)12-50(38,39)43-7-14-19(47-16-5-3-4-6-42-16)17(29)27(46-14)36-11-34-18-23(30)32-10-33-25(18)36/h9-11,14-17,19-22,27H,3-8,12H2,1-2H3,(H2,31,37)(H,38,39)(H,40,41)(H2,30,32,33)/t14-,15-,16?,17+,19-,20-,21-,22-,27-/m1/s1. The lowest BCUT2D eigenvalue weighted by atomic mass is 10.1. The number of carbonyl (C=O) groups excluding carboxylic acids is 1. The first kappa shape index (κ1) is 37.7. The van der Waals surface area contributed by atoms with Gasteiger partial charge in [0.1, 0.15) is 59.2 Å². The van der Waals surface area contributed by atoms with Crippen LogP contribution in [-0.4, -0.2) is 115 Å². The minimum absolute atomic E-state index is 0.0346.